The molecule has 86 valence electrons. The maximum Gasteiger partial charge on any atom is 0.410 e. The number of aliphatic carboxylic acids is 1. The number of hydrogen-bond acceptors (Lipinski definition) is 3. The lowest BCUT2D eigenvalue weighted by atomic mass is 9.87. The summed E-state index contributed by atoms with van der Waals surface area (Å²) < 4.78 is 5.07. The Morgan fingerprint density at radius 3 is 2.53 bits per heavy atom. The predicted molar refractivity (Wildman–Crippen MR) is 53.6 cm³/mol. The fourth-order valence-corrected chi connectivity index (χ4v) is 1.39. The molecule has 0 saturated carbocycles. The molecule has 5 heteroatoms. The van der Waals surface area contributed by atoms with Crippen molar-refractivity contribution in [3.8, 4) is 0 Å². The summed E-state index contributed by atoms with van der Waals surface area (Å²) in [4.78, 5) is 23.7. The zero-order valence-corrected chi connectivity index (χ0v) is 9.32. The minimum Gasteiger partial charge on any atom is -0.480 e. The second-order valence-corrected chi connectivity index (χ2v) is 4.08. The first kappa shape index (κ1) is 11.8. The van der Waals surface area contributed by atoms with Crippen molar-refractivity contribution in [3.63, 3.8) is 0 Å². The van der Waals surface area contributed by atoms with E-state index < -0.39 is 17.6 Å². The molecule has 1 rings (SSSR count). The van der Waals surface area contributed by atoms with Gasteiger partial charge in [0.1, 0.15) is 11.6 Å². The average Bonchev–Trinajstić information content (AvgIpc) is 2.14. The summed E-state index contributed by atoms with van der Waals surface area (Å²) in [5, 5.41) is 8.95. The van der Waals surface area contributed by atoms with Crippen LogP contribution in [-0.2, 0) is 9.53 Å². The van der Waals surface area contributed by atoms with Gasteiger partial charge in [-0.05, 0) is 26.7 Å². The molecule has 0 spiro atoms. The van der Waals surface area contributed by atoms with E-state index in [0.29, 0.717) is 13.0 Å². The van der Waals surface area contributed by atoms with E-state index in [-0.39, 0.29) is 6.10 Å². The first-order chi connectivity index (χ1) is 6.91. The number of hydrogen-bond donors (Lipinski definition) is 1. The van der Waals surface area contributed by atoms with E-state index in [1.807, 2.05) is 6.92 Å². The molecule has 1 fully saturated rings. The van der Waals surface area contributed by atoms with Crippen molar-refractivity contribution in [2.24, 2.45) is 0 Å². The van der Waals surface area contributed by atoms with Gasteiger partial charge in [0.25, 0.3) is 0 Å². The molecule has 0 aromatic carbocycles. The van der Waals surface area contributed by atoms with Crippen molar-refractivity contribution in [2.75, 3.05) is 6.54 Å². The number of carbonyl (C=O) groups excluding carboxylic acids is 1. The molecule has 1 heterocycles. The summed E-state index contributed by atoms with van der Waals surface area (Å²) in [5.41, 5.74) is -1.08. The monoisotopic (exact) mass is 215 g/mol. The Balaban J connectivity index is 2.58. The zero-order chi connectivity index (χ0) is 11.6. The van der Waals surface area contributed by atoms with Crippen molar-refractivity contribution >= 4 is 12.1 Å². The van der Waals surface area contributed by atoms with Crippen LogP contribution in [0.5, 0.6) is 0 Å². The van der Waals surface area contributed by atoms with Gasteiger partial charge in [-0.1, -0.05) is 6.92 Å². The predicted octanol–water partition coefficient (Wildman–Crippen LogP) is 1.47. The Morgan fingerprint density at radius 2 is 2.20 bits per heavy atom. The summed E-state index contributed by atoms with van der Waals surface area (Å²) >= 11 is 0. The molecular weight excluding hydrogens is 198 g/mol. The van der Waals surface area contributed by atoms with Gasteiger partial charge in [-0.2, -0.15) is 0 Å². The third kappa shape index (κ3) is 2.06. The van der Waals surface area contributed by atoms with Crippen molar-refractivity contribution in [1.29, 1.82) is 0 Å². The second kappa shape index (κ2) is 4.08. The molecule has 2 atom stereocenters. The third-order valence-corrected chi connectivity index (χ3v) is 2.98. The molecule has 1 amide bonds. The van der Waals surface area contributed by atoms with E-state index in [1.165, 1.54) is 11.8 Å². The highest BCUT2D eigenvalue weighted by Gasteiger charge is 2.50. The maximum atomic E-state index is 11.6. The minimum absolute atomic E-state index is 0.170. The van der Waals surface area contributed by atoms with Crippen LogP contribution in [0.3, 0.4) is 0 Å². The fraction of sp³-hybridized carbons (Fsp3) is 0.800. The summed E-state index contributed by atoms with van der Waals surface area (Å²) in [6.07, 6.45) is 0.512. The topological polar surface area (TPSA) is 66.8 Å². The first-order valence-corrected chi connectivity index (χ1v) is 5.13. The van der Waals surface area contributed by atoms with Gasteiger partial charge in [0.15, 0.2) is 0 Å². The number of carboxylic acids is 1. The van der Waals surface area contributed by atoms with Gasteiger partial charge in [0.2, 0.25) is 0 Å². The lowest BCUT2D eigenvalue weighted by molar-refractivity contribution is -0.157. The van der Waals surface area contributed by atoms with Crippen LogP contribution in [0.25, 0.3) is 0 Å². The smallest absolute Gasteiger partial charge is 0.410 e. The number of nitrogens with zero attached hydrogens (tertiary/aromatic N) is 1. The molecule has 0 aromatic rings. The summed E-state index contributed by atoms with van der Waals surface area (Å²) in [6, 6.07) is 0. The SMILES string of the molecule is CCC(C)OC(=O)N1CCC1(C)C(=O)O. The molecule has 1 aliphatic rings. The number of ether oxygens (including phenoxy) is 1. The molecule has 0 aromatic heterocycles. The quantitative estimate of drug-likeness (QED) is 0.774. The van der Waals surface area contributed by atoms with Crippen LogP contribution in [0.1, 0.15) is 33.6 Å². The van der Waals surface area contributed by atoms with Crippen molar-refractivity contribution < 1.29 is 19.4 Å². The number of amides is 1. The second-order valence-electron chi connectivity index (χ2n) is 4.08. The number of carbonyl (C=O) groups is 2. The number of likely N-dealkylation sites (tertiary alicyclic amines) is 1. The highest BCUT2D eigenvalue weighted by molar-refractivity contribution is 5.86. The van der Waals surface area contributed by atoms with Crippen LogP contribution in [0, 0.1) is 0 Å². The Bertz CT molecular complexity index is 279. The van der Waals surface area contributed by atoms with Gasteiger partial charge < -0.3 is 9.84 Å². The Hall–Kier alpha value is -1.26. The molecular formula is C10H17NO4. The van der Waals surface area contributed by atoms with Crippen LogP contribution < -0.4 is 0 Å². The lowest BCUT2D eigenvalue weighted by Crippen LogP contribution is -2.64. The minimum atomic E-state index is -1.08. The third-order valence-electron chi connectivity index (χ3n) is 2.98. The average molecular weight is 215 g/mol. The van der Waals surface area contributed by atoms with Gasteiger partial charge in [-0.3, -0.25) is 4.90 Å². The molecule has 0 radical (unpaired) electrons. The van der Waals surface area contributed by atoms with Gasteiger partial charge in [-0.25, -0.2) is 9.59 Å². The summed E-state index contributed by atoms with van der Waals surface area (Å²) in [5.74, 6) is -0.977. The maximum absolute atomic E-state index is 11.6. The van der Waals surface area contributed by atoms with E-state index in [9.17, 15) is 9.59 Å². The normalized spacial score (nSPS) is 26.7. The van der Waals surface area contributed by atoms with Crippen LogP contribution in [0.15, 0.2) is 0 Å². The van der Waals surface area contributed by atoms with E-state index in [4.69, 9.17) is 9.84 Å². The van der Waals surface area contributed by atoms with Gasteiger partial charge in [0.05, 0.1) is 0 Å². The fourth-order valence-electron chi connectivity index (χ4n) is 1.39. The zero-order valence-electron chi connectivity index (χ0n) is 9.32. The van der Waals surface area contributed by atoms with Crippen molar-refractivity contribution in [3.05, 3.63) is 0 Å². The van der Waals surface area contributed by atoms with Crippen LogP contribution in [0.2, 0.25) is 0 Å². The molecule has 2 unspecified atom stereocenters. The van der Waals surface area contributed by atoms with Crippen LogP contribution >= 0.6 is 0 Å². The number of rotatable bonds is 3. The van der Waals surface area contributed by atoms with Crippen LogP contribution in [0.4, 0.5) is 4.79 Å². The Labute approximate surface area is 89.0 Å². The number of carboxylic acid groups (broad SMARTS) is 1. The van der Waals surface area contributed by atoms with Crippen LogP contribution in [-0.4, -0.2) is 40.3 Å². The van der Waals surface area contributed by atoms with Crippen molar-refractivity contribution in [2.45, 2.75) is 45.3 Å². The first-order valence-electron chi connectivity index (χ1n) is 5.13. The molecule has 5 nitrogen and oxygen atoms in total. The van der Waals surface area contributed by atoms with E-state index >= 15 is 0 Å². The van der Waals surface area contributed by atoms with E-state index in [2.05, 4.69) is 0 Å². The standard InChI is InChI=1S/C10H17NO4/c1-4-7(2)15-9(14)11-6-5-10(11,3)8(12)13/h7H,4-6H2,1-3H3,(H,12,13). The van der Waals surface area contributed by atoms with Gasteiger partial charge in [-0.15, -0.1) is 0 Å². The molecule has 1 N–H and O–H groups in total. The molecule has 0 bridgehead atoms. The van der Waals surface area contributed by atoms with Gasteiger partial charge in [0, 0.05) is 6.54 Å². The van der Waals surface area contributed by atoms with Gasteiger partial charge >= 0.3 is 12.1 Å². The summed E-state index contributed by atoms with van der Waals surface area (Å²) in [7, 11) is 0. The Kier molecular flexibility index (Phi) is 3.21. The Morgan fingerprint density at radius 1 is 1.60 bits per heavy atom. The molecule has 0 aliphatic carbocycles. The van der Waals surface area contributed by atoms with E-state index in [1.54, 1.807) is 6.92 Å². The summed E-state index contributed by atoms with van der Waals surface area (Å²) in [6.45, 7) is 5.69. The molecule has 1 saturated heterocycles. The lowest BCUT2D eigenvalue weighted by Gasteiger charge is -2.46. The molecule has 1 aliphatic heterocycles. The largest absolute Gasteiger partial charge is 0.480 e. The highest BCUT2D eigenvalue weighted by Crippen LogP contribution is 2.31. The highest BCUT2D eigenvalue weighted by atomic mass is 16.6. The van der Waals surface area contributed by atoms with Crippen molar-refractivity contribution in [1.82, 2.24) is 4.90 Å². The van der Waals surface area contributed by atoms with E-state index in [0.717, 1.165) is 6.42 Å². The molecule has 15 heavy (non-hydrogen) atoms.